The Bertz CT molecular complexity index is 1480. The largest absolute Gasteiger partial charge is 0.371 e. The van der Waals surface area contributed by atoms with Crippen LogP contribution in [-0.4, -0.2) is 14.5 Å². The Balaban J connectivity index is 0.000000177. The summed E-state index contributed by atoms with van der Waals surface area (Å²) in [7, 11) is 0. The van der Waals surface area contributed by atoms with Crippen molar-refractivity contribution < 1.29 is 20.1 Å². The van der Waals surface area contributed by atoms with Gasteiger partial charge in [0.1, 0.15) is 0 Å². The molecule has 35 heavy (non-hydrogen) atoms. The molecule has 1 radical (unpaired) electrons. The Labute approximate surface area is 219 Å². The molecular formula is C30H22IrN4-2. The van der Waals surface area contributed by atoms with Crippen molar-refractivity contribution in [2.24, 2.45) is 0 Å². The zero-order valence-corrected chi connectivity index (χ0v) is 21.6. The van der Waals surface area contributed by atoms with E-state index in [-0.39, 0.29) is 20.1 Å². The molecule has 0 spiro atoms. The van der Waals surface area contributed by atoms with Crippen LogP contribution in [0.25, 0.3) is 33.8 Å². The summed E-state index contributed by atoms with van der Waals surface area (Å²) in [4.78, 5) is 8.85. The second-order valence-corrected chi connectivity index (χ2v) is 8.11. The van der Waals surface area contributed by atoms with Gasteiger partial charge in [-0.3, -0.25) is 9.97 Å². The molecule has 2 aromatic heterocycles. The van der Waals surface area contributed by atoms with Gasteiger partial charge in [-0.2, -0.15) is 0 Å². The maximum atomic E-state index is 8.95. The molecule has 0 unspecified atom stereocenters. The molecule has 0 bridgehead atoms. The van der Waals surface area contributed by atoms with Crippen molar-refractivity contribution >= 4 is 0 Å². The summed E-state index contributed by atoms with van der Waals surface area (Å²) in [5.74, 6) is 1.06. The van der Waals surface area contributed by atoms with Crippen LogP contribution >= 0.6 is 0 Å². The van der Waals surface area contributed by atoms with Gasteiger partial charge in [0.25, 0.3) is 0 Å². The van der Waals surface area contributed by atoms with Gasteiger partial charge in [0.2, 0.25) is 0 Å². The fraction of sp³-hybridized carbons (Fsp3) is 0.100. The number of imidazole rings is 1. The van der Waals surface area contributed by atoms with Crippen LogP contribution in [0.15, 0.2) is 91.4 Å². The number of hydrogen-bond acceptors (Lipinski definition) is 3. The number of rotatable bonds is 2. The van der Waals surface area contributed by atoms with Crippen LogP contribution < -0.4 is 0 Å². The molecule has 173 valence electrons. The van der Waals surface area contributed by atoms with Gasteiger partial charge in [0.05, 0.1) is 5.82 Å². The molecule has 3 heterocycles. The van der Waals surface area contributed by atoms with Crippen LogP contribution in [0.1, 0.15) is 16.7 Å². The van der Waals surface area contributed by atoms with E-state index in [1.54, 1.807) is 6.07 Å². The minimum atomic E-state index is 0. The minimum absolute atomic E-state index is 0. The third kappa shape index (κ3) is 5.30. The summed E-state index contributed by atoms with van der Waals surface area (Å²) in [6.07, 6.45) is 6.85. The van der Waals surface area contributed by atoms with Crippen molar-refractivity contribution in [1.29, 1.82) is 5.26 Å². The first-order chi connectivity index (χ1) is 16.7. The van der Waals surface area contributed by atoms with Crippen LogP contribution in [0.3, 0.4) is 0 Å². The number of aromatic nitrogens is 3. The number of hydrogen-bond donors (Lipinski definition) is 0. The van der Waals surface area contributed by atoms with Crippen LogP contribution in [0.4, 0.5) is 0 Å². The van der Waals surface area contributed by atoms with Gasteiger partial charge in [0.15, 0.2) is 0 Å². The normalized spacial score (nSPS) is 11.1. The molecule has 0 saturated heterocycles. The van der Waals surface area contributed by atoms with Gasteiger partial charge in [0, 0.05) is 56.5 Å². The summed E-state index contributed by atoms with van der Waals surface area (Å²) >= 11 is 0. The van der Waals surface area contributed by atoms with E-state index in [9.17, 15) is 0 Å². The number of aryl methyl sites for hydroxylation is 3. The topological polar surface area (TPSA) is 54.5 Å². The maximum absolute atomic E-state index is 8.95. The molecule has 0 amide bonds. The smallest absolute Gasteiger partial charge is 0.0560 e. The molecule has 5 heteroatoms. The van der Waals surface area contributed by atoms with Gasteiger partial charge >= 0.3 is 0 Å². The Kier molecular flexibility index (Phi) is 7.67. The van der Waals surface area contributed by atoms with Crippen LogP contribution in [-0.2, 0) is 33.1 Å². The Morgan fingerprint density at radius 3 is 2.66 bits per heavy atom. The standard InChI is InChI=1S/C19H13N2.C11H9N2.Ir/c1-14-10-19(17-9-5-6-15(11-17)12-20)21-13-18(14)16-7-3-2-4-8-16;1-2-4-10-9(3-1)5-7-13-8-6-12-11(10)13;/h2-10,13H,1H3;1-3,6,8H,5,7H2;/q2*-1;. The van der Waals surface area contributed by atoms with Gasteiger partial charge in [-0.05, 0) is 30.5 Å². The average molecular weight is 631 g/mol. The third-order valence-corrected chi connectivity index (χ3v) is 5.89. The van der Waals surface area contributed by atoms with Gasteiger partial charge < -0.3 is 4.57 Å². The van der Waals surface area contributed by atoms with Crippen LogP contribution in [0, 0.1) is 30.4 Å². The zero-order chi connectivity index (χ0) is 23.3. The van der Waals surface area contributed by atoms with Crippen molar-refractivity contribution in [3.63, 3.8) is 0 Å². The van der Waals surface area contributed by atoms with E-state index in [4.69, 9.17) is 5.26 Å². The molecular weight excluding hydrogens is 609 g/mol. The number of fused-ring (bicyclic) bond motifs is 3. The molecule has 3 aromatic carbocycles. The SMILES string of the molecule is Cc1cc(-c2[c-]c(C#N)ccc2)ncc1-c1ccccc1.[Ir].[c-]1cccc2c1-c1nccn1CC2. The summed E-state index contributed by atoms with van der Waals surface area (Å²) < 4.78 is 2.18. The summed E-state index contributed by atoms with van der Waals surface area (Å²) in [5, 5.41) is 8.95. The van der Waals surface area contributed by atoms with E-state index in [0.29, 0.717) is 5.56 Å². The molecule has 0 saturated carbocycles. The maximum Gasteiger partial charge on any atom is 0.0560 e. The molecule has 5 aromatic rings. The fourth-order valence-corrected chi connectivity index (χ4v) is 4.15. The second kappa shape index (κ2) is 11.1. The Morgan fingerprint density at radius 2 is 1.86 bits per heavy atom. The molecule has 0 N–H and O–H groups in total. The molecule has 0 aliphatic carbocycles. The first-order valence-electron chi connectivity index (χ1n) is 11.2. The zero-order valence-electron chi connectivity index (χ0n) is 19.2. The van der Waals surface area contributed by atoms with Crippen molar-refractivity contribution in [3.05, 3.63) is 120 Å². The third-order valence-electron chi connectivity index (χ3n) is 5.89. The van der Waals surface area contributed by atoms with E-state index in [1.165, 1.54) is 11.1 Å². The average Bonchev–Trinajstić information content (AvgIpc) is 3.39. The van der Waals surface area contributed by atoms with Crippen LogP contribution in [0.5, 0.6) is 0 Å². The van der Waals surface area contributed by atoms with Crippen molar-refractivity contribution in [2.45, 2.75) is 19.9 Å². The van der Waals surface area contributed by atoms with E-state index in [2.05, 4.69) is 57.9 Å². The Morgan fingerprint density at radius 1 is 1.00 bits per heavy atom. The molecule has 6 rings (SSSR count). The van der Waals surface area contributed by atoms with Crippen molar-refractivity contribution in [3.8, 4) is 39.8 Å². The summed E-state index contributed by atoms with van der Waals surface area (Å²) in [6.45, 7) is 3.11. The quantitative estimate of drug-likeness (QED) is 0.215. The molecule has 0 fully saturated rings. The monoisotopic (exact) mass is 631 g/mol. The van der Waals surface area contributed by atoms with E-state index in [1.807, 2.05) is 67.1 Å². The Hall–Kier alpha value is -3.84. The van der Waals surface area contributed by atoms with Crippen molar-refractivity contribution in [1.82, 2.24) is 14.5 Å². The summed E-state index contributed by atoms with van der Waals surface area (Å²) in [5.41, 5.74) is 8.17. The second-order valence-electron chi connectivity index (χ2n) is 8.11. The number of benzene rings is 3. The molecule has 0 atom stereocenters. The van der Waals surface area contributed by atoms with Crippen molar-refractivity contribution in [2.75, 3.05) is 0 Å². The van der Waals surface area contributed by atoms with Gasteiger partial charge in [-0.25, -0.2) is 5.26 Å². The summed E-state index contributed by atoms with van der Waals surface area (Å²) in [6, 6.07) is 32.3. The van der Waals surface area contributed by atoms with E-state index in [0.717, 1.165) is 46.7 Å². The van der Waals surface area contributed by atoms with E-state index < -0.39 is 0 Å². The molecule has 1 aliphatic heterocycles. The van der Waals surface area contributed by atoms with E-state index >= 15 is 0 Å². The van der Waals surface area contributed by atoms with Gasteiger partial charge in [-0.1, -0.05) is 47.5 Å². The predicted octanol–water partition coefficient (Wildman–Crippen LogP) is 6.30. The first-order valence-corrected chi connectivity index (χ1v) is 11.2. The minimum Gasteiger partial charge on any atom is -0.371 e. The fourth-order valence-electron chi connectivity index (χ4n) is 4.15. The van der Waals surface area contributed by atoms with Gasteiger partial charge in [-0.15, -0.1) is 59.7 Å². The number of nitriles is 1. The van der Waals surface area contributed by atoms with Crippen LogP contribution in [0.2, 0.25) is 0 Å². The number of pyridine rings is 1. The molecule has 4 nitrogen and oxygen atoms in total. The molecule has 1 aliphatic rings. The number of nitrogens with zero attached hydrogens (tertiary/aromatic N) is 4. The predicted molar refractivity (Wildman–Crippen MR) is 134 cm³/mol. The first kappa shape index (κ1) is 24.3.